The van der Waals surface area contributed by atoms with E-state index in [0.29, 0.717) is 0 Å². The largest absolute Gasteiger partial charge is 0.317 e. The van der Waals surface area contributed by atoms with Crippen LogP contribution in [0, 0.1) is 0 Å². The van der Waals surface area contributed by atoms with Gasteiger partial charge in [-0.2, -0.15) is 0 Å². The van der Waals surface area contributed by atoms with Crippen molar-refractivity contribution < 1.29 is 0 Å². The van der Waals surface area contributed by atoms with E-state index >= 15 is 0 Å². The maximum Gasteiger partial charge on any atom is 0.0947 e. The van der Waals surface area contributed by atoms with Crippen molar-refractivity contribution in [3.8, 4) is 0 Å². The van der Waals surface area contributed by atoms with Crippen molar-refractivity contribution in [2.24, 2.45) is 0 Å². The summed E-state index contributed by atoms with van der Waals surface area (Å²) in [5.41, 5.74) is 13.1. The van der Waals surface area contributed by atoms with Crippen LogP contribution in [0.3, 0.4) is 0 Å². The lowest BCUT2D eigenvalue weighted by molar-refractivity contribution is 0.230. The Balaban J connectivity index is 0.696. The lowest BCUT2D eigenvalue weighted by atomic mass is 9.77. The maximum absolute atomic E-state index is 4.22. The van der Waals surface area contributed by atoms with Crippen molar-refractivity contribution in [2.45, 2.75) is 86.4 Å². The van der Waals surface area contributed by atoms with Gasteiger partial charge in [0.1, 0.15) is 0 Å². The molecular weight excluding hydrogens is 1310 g/mol. The second-order valence-corrected chi connectivity index (χ2v) is 28.8. The van der Waals surface area contributed by atoms with E-state index in [-0.39, 0.29) is 0 Å². The van der Waals surface area contributed by atoms with Gasteiger partial charge in [-0.1, -0.05) is 364 Å². The van der Waals surface area contributed by atoms with Crippen molar-refractivity contribution in [1.82, 2.24) is 41.7 Å². The number of hydrogen-bond donors (Lipinski definition) is 6. The highest BCUT2D eigenvalue weighted by atomic mass is 15.1. The van der Waals surface area contributed by atoms with Gasteiger partial charge >= 0.3 is 0 Å². The first-order valence-corrected chi connectivity index (χ1v) is 40.2. The molecule has 12 aromatic rings. The lowest BCUT2D eigenvalue weighted by Crippen LogP contribution is -2.45. The number of rotatable bonds is 47. The Hall–Kier alpha value is -9.68. The third-order valence-corrected chi connectivity index (χ3v) is 21.8. The van der Waals surface area contributed by atoms with Gasteiger partial charge in [-0.3, -0.25) is 21.3 Å². The molecule has 0 unspecified atom stereocenters. The van der Waals surface area contributed by atoms with Gasteiger partial charge in [0.25, 0.3) is 0 Å². The average Bonchev–Trinajstić information content (AvgIpc) is 0.782. The summed E-state index contributed by atoms with van der Waals surface area (Å²) in [6.45, 7) is 13.8. The van der Waals surface area contributed by atoms with E-state index in [1.165, 1.54) is 66.8 Å². The molecule has 0 aliphatic rings. The number of unbranched alkanes of at least 4 members (excludes halogenated alkanes) is 3. The van der Waals surface area contributed by atoms with E-state index in [2.05, 4.69) is 406 Å². The molecule has 6 N–H and O–H groups in total. The summed E-state index contributed by atoms with van der Waals surface area (Å²) in [5, 5.41) is 24.4. The fraction of sp³-hybridized carbons (Fsp3) is 0.280. The topological polar surface area (TPSA) is 78.7 Å². The molecule has 0 radical (unpaired) electrons. The molecule has 0 fully saturated rings. The molecule has 8 heteroatoms. The third kappa shape index (κ3) is 20.4. The summed E-state index contributed by atoms with van der Waals surface area (Å²) in [6, 6.07) is 132. The molecule has 554 valence electrons. The predicted molar refractivity (Wildman–Crippen MR) is 454 cm³/mol. The van der Waals surface area contributed by atoms with E-state index in [9.17, 15) is 0 Å². The fourth-order valence-electron chi connectivity index (χ4n) is 16.4. The summed E-state index contributed by atoms with van der Waals surface area (Å²) in [6.07, 6.45) is 11.0. The number of nitrogens with zero attached hydrogens (tertiary/aromatic N) is 2. The van der Waals surface area contributed by atoms with Gasteiger partial charge in [0.2, 0.25) is 0 Å². The van der Waals surface area contributed by atoms with Crippen molar-refractivity contribution in [2.75, 3.05) is 91.6 Å². The Morgan fingerprint density at radius 1 is 0.148 bits per heavy atom. The highest BCUT2D eigenvalue weighted by Gasteiger charge is 2.39. The van der Waals surface area contributed by atoms with Gasteiger partial charge in [-0.25, -0.2) is 0 Å². The third-order valence-electron chi connectivity index (χ3n) is 21.8. The van der Waals surface area contributed by atoms with Crippen molar-refractivity contribution in [1.29, 1.82) is 0 Å². The van der Waals surface area contributed by atoms with Crippen LogP contribution in [0.5, 0.6) is 0 Å². The minimum absolute atomic E-state index is 0.463. The Morgan fingerprint density at radius 2 is 0.287 bits per heavy atom. The van der Waals surface area contributed by atoms with Crippen molar-refractivity contribution >= 4 is 0 Å². The monoisotopic (exact) mass is 1430 g/mol. The lowest BCUT2D eigenvalue weighted by Gasteiger charge is -2.37. The standard InChI is InChI=1S/C100H114N8/c1-13-47-85(48-14-1)97(86-49-15-2-16-50-86,87-51-17-3-18-52-87)103-75-43-73-101-71-37-39-79-107(83-45-77-105-99(91-59-25-7-26-60-91,92-61-27-8-28-62-92)93-63-29-9-30-64-93)81-41-42-82-108(84-46-78-106-100(94-65-31-10-32-66-94,95-67-33-11-34-68-95)96-69-35-12-36-70-96)80-40-38-72-102-74-44-76-104-98(88-53-19-4-20-54-88,89-55-21-5-22-56-89)90-57-23-6-24-58-90/h1-36,47-70,101-106H,37-46,71-84H2. The van der Waals surface area contributed by atoms with Crippen LogP contribution in [0.4, 0.5) is 0 Å². The number of nitrogens with one attached hydrogen (secondary N) is 6. The highest BCUT2D eigenvalue weighted by Crippen LogP contribution is 2.41. The van der Waals surface area contributed by atoms with Gasteiger partial charge in [0.15, 0.2) is 0 Å². The first-order chi connectivity index (χ1) is 53.6. The van der Waals surface area contributed by atoms with Crippen LogP contribution >= 0.6 is 0 Å². The maximum atomic E-state index is 4.22. The van der Waals surface area contributed by atoms with Gasteiger partial charge < -0.3 is 20.4 Å². The van der Waals surface area contributed by atoms with Crippen LogP contribution in [0.15, 0.2) is 364 Å². The van der Waals surface area contributed by atoms with Crippen LogP contribution in [-0.4, -0.2) is 101 Å². The molecule has 0 spiro atoms. The summed E-state index contributed by atoms with van der Waals surface area (Å²) in [7, 11) is 0. The van der Waals surface area contributed by atoms with Crippen LogP contribution in [0.25, 0.3) is 0 Å². The van der Waals surface area contributed by atoms with Gasteiger partial charge in [0.05, 0.1) is 22.2 Å². The average molecular weight is 1430 g/mol. The first-order valence-electron chi connectivity index (χ1n) is 40.2. The van der Waals surface area contributed by atoms with Crippen LogP contribution in [-0.2, 0) is 22.2 Å². The smallest absolute Gasteiger partial charge is 0.0947 e. The zero-order chi connectivity index (χ0) is 73.7. The van der Waals surface area contributed by atoms with Crippen molar-refractivity contribution in [3.05, 3.63) is 431 Å². The quantitative estimate of drug-likeness (QED) is 0.0166. The molecule has 0 aromatic heterocycles. The number of hydrogen-bond acceptors (Lipinski definition) is 8. The molecule has 108 heavy (non-hydrogen) atoms. The van der Waals surface area contributed by atoms with Crippen molar-refractivity contribution in [3.63, 3.8) is 0 Å². The van der Waals surface area contributed by atoms with Crippen LogP contribution in [0.2, 0.25) is 0 Å². The summed E-state index contributed by atoms with van der Waals surface area (Å²) >= 11 is 0. The zero-order valence-corrected chi connectivity index (χ0v) is 63.5. The zero-order valence-electron chi connectivity index (χ0n) is 63.5. The van der Waals surface area contributed by atoms with Crippen LogP contribution < -0.4 is 31.9 Å². The van der Waals surface area contributed by atoms with E-state index in [4.69, 9.17) is 0 Å². The van der Waals surface area contributed by atoms with Crippen LogP contribution in [0.1, 0.15) is 131 Å². The number of benzene rings is 12. The van der Waals surface area contributed by atoms with Gasteiger partial charge in [0, 0.05) is 0 Å². The summed E-state index contributed by atoms with van der Waals surface area (Å²) < 4.78 is 0. The Kier molecular flexibility index (Phi) is 30.4. The van der Waals surface area contributed by atoms with E-state index < -0.39 is 22.2 Å². The van der Waals surface area contributed by atoms with E-state index in [1.807, 2.05) is 0 Å². The second-order valence-electron chi connectivity index (χ2n) is 28.8. The minimum Gasteiger partial charge on any atom is -0.317 e. The summed E-state index contributed by atoms with van der Waals surface area (Å²) in [4.78, 5) is 5.57. The Morgan fingerprint density at radius 3 is 0.463 bits per heavy atom. The molecule has 0 saturated carbocycles. The Bertz CT molecular complexity index is 3670. The fourth-order valence-corrected chi connectivity index (χ4v) is 16.4. The molecule has 0 aliphatic heterocycles. The Labute approximate surface area is 646 Å². The molecule has 0 atom stereocenters. The van der Waals surface area contributed by atoms with Gasteiger partial charge in [-0.15, -0.1) is 0 Å². The second kappa shape index (κ2) is 42.2. The molecule has 12 rings (SSSR count). The summed E-state index contributed by atoms with van der Waals surface area (Å²) in [5.74, 6) is 0. The molecule has 0 amide bonds. The molecule has 0 bridgehead atoms. The minimum atomic E-state index is -0.497. The normalized spacial score (nSPS) is 12.1. The molecular formula is C100H114N8. The molecule has 0 saturated heterocycles. The first kappa shape index (κ1) is 77.9. The molecule has 8 nitrogen and oxygen atoms in total. The van der Waals surface area contributed by atoms with Gasteiger partial charge in [-0.05, 0) is 223 Å². The van der Waals surface area contributed by atoms with E-state index in [0.717, 1.165) is 156 Å². The molecule has 0 aliphatic carbocycles. The molecule has 0 heterocycles. The predicted octanol–water partition coefficient (Wildman–Crippen LogP) is 19.0. The van der Waals surface area contributed by atoms with E-state index in [1.54, 1.807) is 0 Å². The molecule has 12 aromatic carbocycles. The SMILES string of the molecule is c1ccc(C(NCCCNCCCCN(CCCCN(CCCCNCCCNC(c2ccccc2)(c2ccccc2)c2ccccc2)CCCNC(c2ccccc2)(c2ccccc2)c2ccccc2)CCCNC(c2ccccc2)(c2ccccc2)c2ccccc2)(c2ccccc2)c2ccccc2)cc1. The highest BCUT2D eigenvalue weighted by molar-refractivity contribution is 5.54.